The molecule has 0 atom stereocenters. The lowest BCUT2D eigenvalue weighted by molar-refractivity contribution is -0.121. The van der Waals surface area contributed by atoms with Crippen molar-refractivity contribution in [2.24, 2.45) is 0 Å². The van der Waals surface area contributed by atoms with Crippen molar-refractivity contribution in [3.8, 4) is 0 Å². The molecule has 0 spiro atoms. The summed E-state index contributed by atoms with van der Waals surface area (Å²) < 4.78 is 0. The number of benzene rings is 2. The molecule has 0 saturated heterocycles. The van der Waals surface area contributed by atoms with E-state index in [1.807, 2.05) is 62.4 Å². The van der Waals surface area contributed by atoms with Gasteiger partial charge in [0.15, 0.2) is 0 Å². The summed E-state index contributed by atoms with van der Waals surface area (Å²) in [5, 5.41) is 5.62. The predicted molar refractivity (Wildman–Crippen MR) is 95.2 cm³/mol. The van der Waals surface area contributed by atoms with E-state index in [1.54, 1.807) is 11.9 Å². The quantitative estimate of drug-likeness (QED) is 0.911. The zero-order chi connectivity index (χ0) is 17.3. The third kappa shape index (κ3) is 2.85. The van der Waals surface area contributed by atoms with Gasteiger partial charge in [0.2, 0.25) is 5.91 Å². The standard InChI is InChI=1S/C19H21N3O2/c1-19(2)15-11-13(9-10-16(15)22(3)17(19)23)12-20-18(24)21-14-7-5-4-6-8-14/h4-11H,12H2,1-3H3,(H2,20,21,24). The summed E-state index contributed by atoms with van der Waals surface area (Å²) >= 11 is 0. The van der Waals surface area contributed by atoms with Gasteiger partial charge in [-0.25, -0.2) is 4.79 Å². The van der Waals surface area contributed by atoms with E-state index in [0.29, 0.717) is 6.54 Å². The van der Waals surface area contributed by atoms with E-state index in [0.717, 1.165) is 22.5 Å². The Morgan fingerprint density at radius 2 is 1.83 bits per heavy atom. The number of urea groups is 1. The molecular weight excluding hydrogens is 302 g/mol. The van der Waals surface area contributed by atoms with Crippen molar-refractivity contribution in [3.05, 3.63) is 59.7 Å². The molecule has 5 nitrogen and oxygen atoms in total. The summed E-state index contributed by atoms with van der Waals surface area (Å²) in [5.74, 6) is 0.0874. The second-order valence-electron chi connectivity index (χ2n) is 6.51. The normalized spacial score (nSPS) is 15.1. The van der Waals surface area contributed by atoms with E-state index in [9.17, 15) is 9.59 Å². The smallest absolute Gasteiger partial charge is 0.319 e. The molecule has 3 amide bonds. The van der Waals surface area contributed by atoms with Gasteiger partial charge in [-0.1, -0.05) is 30.3 Å². The van der Waals surface area contributed by atoms with Gasteiger partial charge in [0.25, 0.3) is 0 Å². The molecule has 5 heteroatoms. The molecule has 0 aromatic heterocycles. The summed E-state index contributed by atoms with van der Waals surface area (Å²) in [6.45, 7) is 4.26. The van der Waals surface area contributed by atoms with E-state index in [4.69, 9.17) is 0 Å². The lowest BCUT2D eigenvalue weighted by Gasteiger charge is -2.17. The van der Waals surface area contributed by atoms with Crippen LogP contribution in [0.5, 0.6) is 0 Å². The second-order valence-corrected chi connectivity index (χ2v) is 6.51. The lowest BCUT2D eigenvalue weighted by atomic mass is 9.85. The fraction of sp³-hybridized carbons (Fsp3) is 0.263. The van der Waals surface area contributed by atoms with E-state index < -0.39 is 5.41 Å². The SMILES string of the molecule is CN1C(=O)C(C)(C)c2cc(CNC(=O)Nc3ccccc3)ccc21. The van der Waals surface area contributed by atoms with Crippen molar-refractivity contribution in [3.63, 3.8) is 0 Å². The van der Waals surface area contributed by atoms with Gasteiger partial charge in [0, 0.05) is 25.0 Å². The Morgan fingerprint density at radius 1 is 1.12 bits per heavy atom. The Kier molecular flexibility index (Phi) is 4.01. The highest BCUT2D eigenvalue weighted by atomic mass is 16.2. The van der Waals surface area contributed by atoms with Gasteiger partial charge >= 0.3 is 6.03 Å². The molecule has 0 aliphatic carbocycles. The van der Waals surface area contributed by atoms with Gasteiger partial charge in [-0.05, 0) is 43.2 Å². The third-order valence-corrected chi connectivity index (χ3v) is 4.42. The number of fused-ring (bicyclic) bond motifs is 1. The molecule has 0 saturated carbocycles. The number of hydrogen-bond donors (Lipinski definition) is 2. The molecule has 2 aromatic rings. The first-order valence-electron chi connectivity index (χ1n) is 7.91. The summed E-state index contributed by atoms with van der Waals surface area (Å²) in [7, 11) is 1.79. The lowest BCUT2D eigenvalue weighted by Crippen LogP contribution is -2.33. The maximum atomic E-state index is 12.3. The number of carbonyl (C=O) groups is 2. The van der Waals surface area contributed by atoms with Crippen LogP contribution in [0.2, 0.25) is 0 Å². The zero-order valence-corrected chi connectivity index (χ0v) is 14.1. The zero-order valence-electron chi connectivity index (χ0n) is 14.1. The van der Waals surface area contributed by atoms with Crippen molar-refractivity contribution >= 4 is 23.3 Å². The first-order valence-corrected chi connectivity index (χ1v) is 7.91. The van der Waals surface area contributed by atoms with Gasteiger partial charge in [0.05, 0.1) is 5.41 Å². The fourth-order valence-electron chi connectivity index (χ4n) is 3.01. The van der Waals surface area contributed by atoms with Crippen LogP contribution in [0.15, 0.2) is 48.5 Å². The number of anilines is 2. The highest BCUT2D eigenvalue weighted by Gasteiger charge is 2.42. The van der Waals surface area contributed by atoms with E-state index >= 15 is 0 Å². The molecule has 3 rings (SSSR count). The highest BCUT2D eigenvalue weighted by Crippen LogP contribution is 2.40. The van der Waals surface area contributed by atoms with Crippen LogP contribution >= 0.6 is 0 Å². The van der Waals surface area contributed by atoms with Crippen molar-refractivity contribution in [2.45, 2.75) is 25.8 Å². The summed E-state index contributed by atoms with van der Waals surface area (Å²) in [6.07, 6.45) is 0. The molecular formula is C19H21N3O2. The average molecular weight is 323 g/mol. The molecule has 1 aliphatic heterocycles. The van der Waals surface area contributed by atoms with E-state index in [-0.39, 0.29) is 11.9 Å². The van der Waals surface area contributed by atoms with Crippen molar-refractivity contribution < 1.29 is 9.59 Å². The van der Waals surface area contributed by atoms with Gasteiger partial charge in [0.1, 0.15) is 0 Å². The van der Waals surface area contributed by atoms with Crippen LogP contribution in [0.25, 0.3) is 0 Å². The first-order chi connectivity index (χ1) is 11.4. The van der Waals surface area contributed by atoms with Crippen LogP contribution < -0.4 is 15.5 Å². The number of amides is 3. The average Bonchev–Trinajstić information content (AvgIpc) is 2.75. The van der Waals surface area contributed by atoms with Gasteiger partial charge in [-0.3, -0.25) is 4.79 Å². The maximum absolute atomic E-state index is 12.3. The number of nitrogens with one attached hydrogen (secondary N) is 2. The molecule has 1 heterocycles. The van der Waals surface area contributed by atoms with Gasteiger partial charge in [-0.15, -0.1) is 0 Å². The number of para-hydroxylation sites is 1. The minimum Gasteiger partial charge on any atom is -0.334 e. The minimum absolute atomic E-state index is 0.0874. The number of hydrogen-bond acceptors (Lipinski definition) is 2. The van der Waals surface area contributed by atoms with Crippen LogP contribution in [0.3, 0.4) is 0 Å². The molecule has 2 aromatic carbocycles. The Balaban J connectivity index is 1.68. The summed E-state index contributed by atoms with van der Waals surface area (Å²) in [5.41, 5.74) is 3.11. The Morgan fingerprint density at radius 3 is 2.54 bits per heavy atom. The molecule has 0 fully saturated rings. The predicted octanol–water partition coefficient (Wildman–Crippen LogP) is 3.26. The van der Waals surface area contributed by atoms with Crippen LogP contribution in [0.4, 0.5) is 16.2 Å². The number of likely N-dealkylation sites (N-methyl/N-ethyl adjacent to an activating group) is 1. The van der Waals surface area contributed by atoms with Crippen molar-refractivity contribution in [1.29, 1.82) is 0 Å². The molecule has 124 valence electrons. The molecule has 0 radical (unpaired) electrons. The number of carbonyl (C=O) groups excluding carboxylic acids is 2. The largest absolute Gasteiger partial charge is 0.334 e. The summed E-state index contributed by atoms with van der Waals surface area (Å²) in [6, 6.07) is 14.9. The van der Waals surface area contributed by atoms with Crippen LogP contribution in [-0.4, -0.2) is 19.0 Å². The Hall–Kier alpha value is -2.82. The van der Waals surface area contributed by atoms with Crippen LogP contribution in [0, 0.1) is 0 Å². The third-order valence-electron chi connectivity index (χ3n) is 4.42. The van der Waals surface area contributed by atoms with E-state index in [1.165, 1.54) is 0 Å². The monoisotopic (exact) mass is 323 g/mol. The van der Waals surface area contributed by atoms with E-state index in [2.05, 4.69) is 10.6 Å². The highest BCUT2D eigenvalue weighted by molar-refractivity contribution is 6.07. The fourth-order valence-corrected chi connectivity index (χ4v) is 3.01. The van der Waals surface area contributed by atoms with Gasteiger partial charge in [-0.2, -0.15) is 0 Å². The summed E-state index contributed by atoms with van der Waals surface area (Å²) in [4.78, 5) is 26.0. The molecule has 1 aliphatic rings. The Labute approximate surface area is 141 Å². The molecule has 0 bridgehead atoms. The molecule has 0 unspecified atom stereocenters. The minimum atomic E-state index is -0.535. The molecule has 2 N–H and O–H groups in total. The Bertz CT molecular complexity index is 784. The number of rotatable bonds is 3. The van der Waals surface area contributed by atoms with Gasteiger partial charge < -0.3 is 15.5 Å². The van der Waals surface area contributed by atoms with Crippen molar-refractivity contribution in [1.82, 2.24) is 5.32 Å². The first kappa shape index (κ1) is 16.1. The maximum Gasteiger partial charge on any atom is 0.319 e. The van der Waals surface area contributed by atoms with Crippen LogP contribution in [-0.2, 0) is 16.8 Å². The second kappa shape index (κ2) is 6.00. The van der Waals surface area contributed by atoms with Crippen molar-refractivity contribution in [2.75, 3.05) is 17.3 Å². The topological polar surface area (TPSA) is 61.4 Å². The number of nitrogens with zero attached hydrogens (tertiary/aromatic N) is 1. The van der Waals surface area contributed by atoms with Crippen LogP contribution in [0.1, 0.15) is 25.0 Å². The molecule has 24 heavy (non-hydrogen) atoms.